The first-order chi connectivity index (χ1) is 12.0. The molecule has 2 aromatic carbocycles. The summed E-state index contributed by atoms with van der Waals surface area (Å²) in [5, 5.41) is 0. The van der Waals surface area contributed by atoms with Gasteiger partial charge in [-0.3, -0.25) is 4.79 Å². The molecule has 0 radical (unpaired) electrons. The maximum atomic E-state index is 13.7. The van der Waals surface area contributed by atoms with E-state index in [1.807, 2.05) is 0 Å². The standard InChI is InChI=1S/C18H17FO6/c1-22-14-6-4-11(8-13(14)19)10-25-18(21)16-12(9-20)5-7-15(23-2)17(16)24-3/h4-9H,10H2,1-3H3. The topological polar surface area (TPSA) is 71.1 Å². The highest BCUT2D eigenvalue weighted by Gasteiger charge is 2.22. The molecule has 0 aliphatic carbocycles. The SMILES string of the molecule is COc1ccc(COC(=O)c2c(C=O)ccc(OC)c2OC)cc1F. The highest BCUT2D eigenvalue weighted by Crippen LogP contribution is 2.33. The maximum Gasteiger partial charge on any atom is 0.343 e. The number of methoxy groups -OCH3 is 3. The number of halogens is 1. The third-order valence-electron chi connectivity index (χ3n) is 3.50. The molecule has 0 N–H and O–H groups in total. The Morgan fingerprint density at radius 3 is 2.28 bits per heavy atom. The molecule has 2 rings (SSSR count). The zero-order valence-corrected chi connectivity index (χ0v) is 14.0. The maximum absolute atomic E-state index is 13.7. The monoisotopic (exact) mass is 348 g/mol. The van der Waals surface area contributed by atoms with E-state index in [0.717, 1.165) is 0 Å². The van der Waals surface area contributed by atoms with Crippen molar-refractivity contribution >= 4 is 12.3 Å². The summed E-state index contributed by atoms with van der Waals surface area (Å²) in [6.07, 6.45) is 0.519. The van der Waals surface area contributed by atoms with E-state index in [1.54, 1.807) is 6.07 Å². The number of benzene rings is 2. The number of hydrogen-bond acceptors (Lipinski definition) is 6. The highest BCUT2D eigenvalue weighted by molar-refractivity contribution is 6.01. The van der Waals surface area contributed by atoms with E-state index in [-0.39, 0.29) is 35.0 Å². The minimum atomic E-state index is -0.783. The molecule has 6 nitrogen and oxygen atoms in total. The van der Waals surface area contributed by atoms with Crippen LogP contribution >= 0.6 is 0 Å². The molecule has 0 amide bonds. The number of carbonyl (C=O) groups excluding carboxylic acids is 2. The summed E-state index contributed by atoms with van der Waals surface area (Å²) in [5.74, 6) is -0.876. The fraction of sp³-hybridized carbons (Fsp3) is 0.222. The van der Waals surface area contributed by atoms with Gasteiger partial charge in [-0.05, 0) is 29.8 Å². The number of esters is 1. The van der Waals surface area contributed by atoms with Gasteiger partial charge in [0.15, 0.2) is 29.4 Å². The van der Waals surface area contributed by atoms with Crippen LogP contribution in [0.15, 0.2) is 30.3 Å². The van der Waals surface area contributed by atoms with E-state index in [1.165, 1.54) is 45.6 Å². The van der Waals surface area contributed by atoms with Gasteiger partial charge in [0, 0.05) is 5.56 Å². The van der Waals surface area contributed by atoms with E-state index < -0.39 is 11.8 Å². The normalized spacial score (nSPS) is 10.1. The second-order valence-electron chi connectivity index (χ2n) is 4.93. The summed E-state index contributed by atoms with van der Waals surface area (Å²) < 4.78 is 34.0. The molecule has 0 atom stereocenters. The van der Waals surface area contributed by atoms with Crippen molar-refractivity contribution in [3.63, 3.8) is 0 Å². The van der Waals surface area contributed by atoms with Crippen molar-refractivity contribution < 1.29 is 32.9 Å². The van der Waals surface area contributed by atoms with Gasteiger partial charge >= 0.3 is 5.97 Å². The van der Waals surface area contributed by atoms with Crippen LogP contribution in [0.3, 0.4) is 0 Å². The Kier molecular flexibility index (Phi) is 5.94. The quantitative estimate of drug-likeness (QED) is 0.566. The second kappa shape index (κ2) is 8.14. The first-order valence-electron chi connectivity index (χ1n) is 7.25. The van der Waals surface area contributed by atoms with Gasteiger partial charge < -0.3 is 18.9 Å². The van der Waals surface area contributed by atoms with Gasteiger partial charge in [0.05, 0.1) is 21.3 Å². The van der Waals surface area contributed by atoms with Crippen molar-refractivity contribution in [1.82, 2.24) is 0 Å². The Morgan fingerprint density at radius 1 is 1.04 bits per heavy atom. The van der Waals surface area contributed by atoms with Crippen molar-refractivity contribution in [2.45, 2.75) is 6.61 Å². The lowest BCUT2D eigenvalue weighted by Gasteiger charge is -2.14. The predicted molar refractivity (Wildman–Crippen MR) is 87.0 cm³/mol. The zero-order valence-electron chi connectivity index (χ0n) is 14.0. The lowest BCUT2D eigenvalue weighted by molar-refractivity contribution is 0.0466. The average Bonchev–Trinajstić information content (AvgIpc) is 2.64. The fourth-order valence-corrected chi connectivity index (χ4v) is 2.27. The molecule has 0 saturated carbocycles. The molecule has 132 valence electrons. The van der Waals surface area contributed by atoms with Crippen LogP contribution in [0, 0.1) is 5.82 Å². The molecule has 0 spiro atoms. The van der Waals surface area contributed by atoms with Gasteiger partial charge in [0.25, 0.3) is 0 Å². The minimum Gasteiger partial charge on any atom is -0.494 e. The van der Waals surface area contributed by atoms with Crippen molar-refractivity contribution in [2.75, 3.05) is 21.3 Å². The largest absolute Gasteiger partial charge is 0.494 e. The third kappa shape index (κ3) is 3.88. The molecule has 0 bridgehead atoms. The molecular weight excluding hydrogens is 331 g/mol. The molecule has 0 heterocycles. The average molecular weight is 348 g/mol. The van der Waals surface area contributed by atoms with Crippen LogP contribution in [0.2, 0.25) is 0 Å². The summed E-state index contributed by atoms with van der Waals surface area (Å²) in [4.78, 5) is 23.6. The highest BCUT2D eigenvalue weighted by atomic mass is 19.1. The number of aldehydes is 1. The predicted octanol–water partition coefficient (Wildman–Crippen LogP) is 3.02. The van der Waals surface area contributed by atoms with Crippen LogP contribution in [0.1, 0.15) is 26.3 Å². The molecule has 0 unspecified atom stereocenters. The minimum absolute atomic E-state index is 0.0502. The Hall–Kier alpha value is -3.09. The van der Waals surface area contributed by atoms with Gasteiger partial charge in [-0.15, -0.1) is 0 Å². The summed E-state index contributed by atoms with van der Waals surface area (Å²) in [6, 6.07) is 7.14. The molecule has 2 aromatic rings. The second-order valence-corrected chi connectivity index (χ2v) is 4.93. The van der Waals surface area contributed by atoms with Crippen molar-refractivity contribution in [3.05, 3.63) is 52.8 Å². The number of ether oxygens (including phenoxy) is 4. The Bertz CT molecular complexity index is 787. The van der Waals surface area contributed by atoms with Gasteiger partial charge in [-0.2, -0.15) is 0 Å². The third-order valence-corrected chi connectivity index (χ3v) is 3.50. The molecule has 0 saturated heterocycles. The van der Waals surface area contributed by atoms with E-state index in [2.05, 4.69) is 0 Å². The van der Waals surface area contributed by atoms with Gasteiger partial charge in [-0.1, -0.05) is 6.07 Å². The summed E-state index contributed by atoms with van der Waals surface area (Å²) in [5.41, 5.74) is 0.482. The molecule has 0 aromatic heterocycles. The molecule has 25 heavy (non-hydrogen) atoms. The number of carbonyl (C=O) groups is 2. The molecular formula is C18H17FO6. The summed E-state index contributed by atoms with van der Waals surface area (Å²) in [6.45, 7) is -0.182. The Balaban J connectivity index is 2.26. The van der Waals surface area contributed by atoms with Gasteiger partial charge in [0.1, 0.15) is 12.2 Å². The Labute approximate surface area is 144 Å². The molecule has 0 aliphatic rings. The summed E-state index contributed by atoms with van der Waals surface area (Å²) in [7, 11) is 4.11. The van der Waals surface area contributed by atoms with Gasteiger partial charge in [-0.25, -0.2) is 9.18 Å². The van der Waals surface area contributed by atoms with Gasteiger partial charge in [0.2, 0.25) is 0 Å². The molecule has 0 fully saturated rings. The first-order valence-corrected chi connectivity index (χ1v) is 7.25. The summed E-state index contributed by atoms with van der Waals surface area (Å²) >= 11 is 0. The van der Waals surface area contributed by atoms with Crippen LogP contribution in [-0.2, 0) is 11.3 Å². The van der Waals surface area contributed by atoms with Crippen LogP contribution < -0.4 is 14.2 Å². The number of hydrogen-bond donors (Lipinski definition) is 0. The fourth-order valence-electron chi connectivity index (χ4n) is 2.27. The Morgan fingerprint density at radius 2 is 1.72 bits per heavy atom. The lowest BCUT2D eigenvalue weighted by atomic mass is 10.1. The first kappa shape index (κ1) is 18.3. The van der Waals surface area contributed by atoms with E-state index in [9.17, 15) is 14.0 Å². The molecule has 7 heteroatoms. The van der Waals surface area contributed by atoms with Crippen LogP contribution in [0.25, 0.3) is 0 Å². The lowest BCUT2D eigenvalue weighted by Crippen LogP contribution is -2.11. The van der Waals surface area contributed by atoms with Crippen molar-refractivity contribution in [1.29, 1.82) is 0 Å². The van der Waals surface area contributed by atoms with E-state index >= 15 is 0 Å². The van der Waals surface area contributed by atoms with E-state index in [0.29, 0.717) is 11.8 Å². The van der Waals surface area contributed by atoms with E-state index in [4.69, 9.17) is 18.9 Å². The van der Waals surface area contributed by atoms with Crippen molar-refractivity contribution in [3.8, 4) is 17.2 Å². The van der Waals surface area contributed by atoms with Crippen LogP contribution in [-0.4, -0.2) is 33.6 Å². The van der Waals surface area contributed by atoms with Crippen LogP contribution in [0.4, 0.5) is 4.39 Å². The molecule has 0 aliphatic heterocycles. The van der Waals surface area contributed by atoms with Crippen LogP contribution in [0.5, 0.6) is 17.2 Å². The number of rotatable bonds is 7. The zero-order chi connectivity index (χ0) is 18.4. The smallest absolute Gasteiger partial charge is 0.343 e. The van der Waals surface area contributed by atoms with Crippen molar-refractivity contribution in [2.24, 2.45) is 0 Å².